The number of carbonyl (C=O) groups excluding carboxylic acids is 1. The van der Waals surface area contributed by atoms with Crippen molar-refractivity contribution in [3.8, 4) is 0 Å². The number of aliphatic carboxylic acids is 1. The second kappa shape index (κ2) is 4.86. The number of hydrogen-bond acceptors (Lipinski definition) is 3. The van der Waals surface area contributed by atoms with E-state index in [1.54, 1.807) is 6.07 Å². The summed E-state index contributed by atoms with van der Waals surface area (Å²) in [6.45, 7) is 0.0284. The minimum atomic E-state index is -1.65. The van der Waals surface area contributed by atoms with Gasteiger partial charge < -0.3 is 9.84 Å². The van der Waals surface area contributed by atoms with Crippen molar-refractivity contribution < 1.29 is 23.8 Å². The lowest BCUT2D eigenvalue weighted by Gasteiger charge is -2.31. The molecule has 0 bridgehead atoms. The van der Waals surface area contributed by atoms with Crippen LogP contribution in [0.25, 0.3) is 0 Å². The molecule has 0 aliphatic carbocycles. The van der Waals surface area contributed by atoms with Crippen molar-refractivity contribution >= 4 is 11.8 Å². The Balaban J connectivity index is 2.35. The van der Waals surface area contributed by atoms with E-state index in [9.17, 15) is 19.1 Å². The summed E-state index contributed by atoms with van der Waals surface area (Å²) >= 11 is 0. The van der Waals surface area contributed by atoms with E-state index in [2.05, 4.69) is 0 Å². The molecule has 1 aliphatic rings. The Labute approximate surface area is 103 Å². The molecule has 1 aromatic carbocycles. The fourth-order valence-corrected chi connectivity index (χ4v) is 2.10. The molecule has 18 heavy (non-hydrogen) atoms. The van der Waals surface area contributed by atoms with E-state index in [1.807, 2.05) is 0 Å². The molecule has 0 radical (unpaired) electrons. The van der Waals surface area contributed by atoms with Crippen LogP contribution in [0.15, 0.2) is 24.3 Å². The predicted octanol–water partition coefficient (Wildman–Crippen LogP) is 1.43. The first-order chi connectivity index (χ1) is 8.56. The maximum absolute atomic E-state index is 13.6. The Morgan fingerprint density at radius 1 is 1.44 bits per heavy atom. The van der Waals surface area contributed by atoms with Gasteiger partial charge in [0.05, 0.1) is 13.2 Å². The number of halogens is 1. The third-order valence-electron chi connectivity index (χ3n) is 3.22. The Morgan fingerprint density at radius 3 is 2.78 bits per heavy atom. The van der Waals surface area contributed by atoms with E-state index < -0.39 is 23.0 Å². The van der Waals surface area contributed by atoms with Gasteiger partial charge in [0.2, 0.25) is 0 Å². The number of ketones is 1. The quantitative estimate of drug-likeness (QED) is 0.826. The molecule has 1 saturated heterocycles. The van der Waals surface area contributed by atoms with Crippen molar-refractivity contribution in [1.29, 1.82) is 0 Å². The summed E-state index contributed by atoms with van der Waals surface area (Å²) in [4.78, 5) is 23.3. The second-order valence-electron chi connectivity index (χ2n) is 4.38. The molecule has 1 N–H and O–H groups in total. The minimum absolute atomic E-state index is 0.0563. The standard InChI is InChI=1S/C13H13FO4/c14-10-4-2-1-3-9(10)7-13(12(16)17)8-18-6-5-11(13)15/h1-4H,5-8H2,(H,16,17). The monoisotopic (exact) mass is 252 g/mol. The first-order valence-corrected chi connectivity index (χ1v) is 5.64. The number of hydrogen-bond donors (Lipinski definition) is 1. The lowest BCUT2D eigenvalue weighted by molar-refractivity contribution is -0.164. The van der Waals surface area contributed by atoms with Gasteiger partial charge >= 0.3 is 5.97 Å². The molecule has 0 aromatic heterocycles. The number of Topliss-reactive ketones (excluding diaryl/α,β-unsaturated/α-hetero) is 1. The number of carboxylic acid groups (broad SMARTS) is 1. The van der Waals surface area contributed by atoms with Gasteiger partial charge in [-0.2, -0.15) is 0 Å². The average molecular weight is 252 g/mol. The Bertz CT molecular complexity index is 486. The first kappa shape index (κ1) is 12.7. The smallest absolute Gasteiger partial charge is 0.319 e. The van der Waals surface area contributed by atoms with Crippen LogP contribution in [0.3, 0.4) is 0 Å². The van der Waals surface area contributed by atoms with Crippen molar-refractivity contribution in [2.45, 2.75) is 12.8 Å². The fourth-order valence-electron chi connectivity index (χ4n) is 2.10. The summed E-state index contributed by atoms with van der Waals surface area (Å²) in [7, 11) is 0. The summed E-state index contributed by atoms with van der Waals surface area (Å²) in [5.41, 5.74) is -1.43. The van der Waals surface area contributed by atoms with Crippen molar-refractivity contribution in [3.63, 3.8) is 0 Å². The van der Waals surface area contributed by atoms with Gasteiger partial charge in [-0.25, -0.2) is 4.39 Å². The number of benzene rings is 1. The van der Waals surface area contributed by atoms with Crippen LogP contribution in [0.1, 0.15) is 12.0 Å². The molecule has 4 nitrogen and oxygen atoms in total. The Hall–Kier alpha value is -1.75. The second-order valence-corrected chi connectivity index (χ2v) is 4.38. The van der Waals surface area contributed by atoms with Gasteiger partial charge in [-0.05, 0) is 11.6 Å². The number of carboxylic acids is 1. The summed E-state index contributed by atoms with van der Waals surface area (Å²) in [5, 5.41) is 9.29. The molecule has 0 spiro atoms. The van der Waals surface area contributed by atoms with Gasteiger partial charge in [0.15, 0.2) is 11.2 Å². The zero-order valence-electron chi connectivity index (χ0n) is 9.69. The lowest BCUT2D eigenvalue weighted by Crippen LogP contribution is -2.48. The Morgan fingerprint density at radius 2 is 2.17 bits per heavy atom. The normalized spacial score (nSPS) is 23.9. The molecular formula is C13H13FO4. The molecule has 1 aliphatic heterocycles. The largest absolute Gasteiger partial charge is 0.480 e. The highest BCUT2D eigenvalue weighted by Gasteiger charge is 2.48. The molecule has 0 amide bonds. The van der Waals surface area contributed by atoms with Gasteiger partial charge in [-0.15, -0.1) is 0 Å². The van der Waals surface area contributed by atoms with Crippen LogP contribution in [-0.4, -0.2) is 30.1 Å². The number of ether oxygens (including phenoxy) is 1. The number of rotatable bonds is 3. The first-order valence-electron chi connectivity index (χ1n) is 5.64. The van der Waals surface area contributed by atoms with Gasteiger partial charge in [0, 0.05) is 12.8 Å². The van der Waals surface area contributed by atoms with Crippen LogP contribution in [0, 0.1) is 11.2 Å². The number of carbonyl (C=O) groups is 2. The van der Waals surface area contributed by atoms with E-state index in [4.69, 9.17) is 4.74 Å². The highest BCUT2D eigenvalue weighted by atomic mass is 19.1. The van der Waals surface area contributed by atoms with Crippen molar-refractivity contribution in [3.05, 3.63) is 35.6 Å². The van der Waals surface area contributed by atoms with E-state index >= 15 is 0 Å². The molecule has 1 fully saturated rings. The molecular weight excluding hydrogens is 239 g/mol. The summed E-state index contributed by atoms with van der Waals surface area (Å²) in [6.07, 6.45) is -0.116. The van der Waals surface area contributed by atoms with Crippen LogP contribution < -0.4 is 0 Å². The van der Waals surface area contributed by atoms with Gasteiger partial charge in [-0.3, -0.25) is 9.59 Å². The van der Waals surface area contributed by atoms with Crippen molar-refractivity contribution in [2.24, 2.45) is 5.41 Å². The maximum atomic E-state index is 13.6. The summed E-state index contributed by atoms with van der Waals surface area (Å²) in [6, 6.07) is 5.87. The SMILES string of the molecule is O=C(O)C1(Cc2ccccc2F)COCCC1=O. The van der Waals surface area contributed by atoms with Crippen LogP contribution in [0.5, 0.6) is 0 Å². The van der Waals surface area contributed by atoms with Gasteiger partial charge in [0.1, 0.15) is 5.82 Å². The predicted molar refractivity (Wildman–Crippen MR) is 60.6 cm³/mol. The van der Waals surface area contributed by atoms with Crippen molar-refractivity contribution in [1.82, 2.24) is 0 Å². The molecule has 1 aromatic rings. The Kier molecular flexibility index (Phi) is 3.43. The fraction of sp³-hybridized carbons (Fsp3) is 0.385. The zero-order chi connectivity index (χ0) is 13.2. The third kappa shape index (κ3) is 2.13. The van der Waals surface area contributed by atoms with E-state index in [0.29, 0.717) is 0 Å². The summed E-state index contributed by atoms with van der Waals surface area (Å²) < 4.78 is 18.7. The van der Waals surface area contributed by atoms with E-state index in [0.717, 1.165) is 0 Å². The summed E-state index contributed by atoms with van der Waals surface area (Å²) in [5.74, 6) is -2.16. The maximum Gasteiger partial charge on any atom is 0.319 e. The molecule has 0 saturated carbocycles. The lowest BCUT2D eigenvalue weighted by atomic mass is 9.76. The van der Waals surface area contributed by atoms with Crippen LogP contribution >= 0.6 is 0 Å². The molecule has 1 unspecified atom stereocenters. The highest BCUT2D eigenvalue weighted by molar-refractivity contribution is 6.04. The van der Waals surface area contributed by atoms with Gasteiger partial charge in [-0.1, -0.05) is 18.2 Å². The molecule has 1 heterocycles. The highest BCUT2D eigenvalue weighted by Crippen LogP contribution is 2.31. The van der Waals surface area contributed by atoms with Crippen LogP contribution in [0.2, 0.25) is 0 Å². The third-order valence-corrected chi connectivity index (χ3v) is 3.22. The minimum Gasteiger partial charge on any atom is -0.480 e. The molecule has 5 heteroatoms. The molecule has 2 rings (SSSR count). The zero-order valence-corrected chi connectivity index (χ0v) is 9.69. The van der Waals surface area contributed by atoms with Crippen LogP contribution in [-0.2, 0) is 20.7 Å². The molecule has 1 atom stereocenters. The molecule has 96 valence electrons. The average Bonchev–Trinajstić information content (AvgIpc) is 2.34. The van der Waals surface area contributed by atoms with Gasteiger partial charge in [0.25, 0.3) is 0 Å². The van der Waals surface area contributed by atoms with E-state index in [1.165, 1.54) is 18.2 Å². The van der Waals surface area contributed by atoms with E-state index in [-0.39, 0.29) is 31.6 Å². The topological polar surface area (TPSA) is 63.6 Å². The van der Waals surface area contributed by atoms with Crippen LogP contribution in [0.4, 0.5) is 4.39 Å². The van der Waals surface area contributed by atoms with Crippen molar-refractivity contribution in [2.75, 3.05) is 13.2 Å².